The number of nitrogens with zero attached hydrogens (tertiary/aromatic N) is 5. The van der Waals surface area contributed by atoms with Gasteiger partial charge in [-0.3, -0.25) is 5.10 Å². The minimum Gasteiger partial charge on any atom is -0.367 e. The van der Waals surface area contributed by atoms with Crippen LogP contribution in [0.5, 0.6) is 0 Å². The van der Waals surface area contributed by atoms with Crippen molar-refractivity contribution in [1.82, 2.24) is 25.1 Å². The molecule has 27 heavy (non-hydrogen) atoms. The van der Waals surface area contributed by atoms with Crippen LogP contribution in [0.2, 0.25) is 0 Å². The lowest BCUT2D eigenvalue weighted by Crippen LogP contribution is -2.39. The van der Waals surface area contributed by atoms with Gasteiger partial charge < -0.3 is 9.64 Å². The Morgan fingerprint density at radius 1 is 1.15 bits per heavy atom. The number of ether oxygens (including phenoxy) is 1. The predicted molar refractivity (Wildman–Crippen MR) is 100 cm³/mol. The van der Waals surface area contributed by atoms with E-state index in [1.807, 2.05) is 6.07 Å². The highest BCUT2D eigenvalue weighted by Gasteiger charge is 2.26. The molecular weight excluding hydrogens is 367 g/mol. The van der Waals surface area contributed by atoms with Crippen LogP contribution in [0.25, 0.3) is 20.7 Å². The second kappa shape index (κ2) is 6.67. The molecular formula is C18H15FN6OS. The summed E-state index contributed by atoms with van der Waals surface area (Å²) < 4.78 is 20.0. The first-order valence-electron chi connectivity index (χ1n) is 8.50. The fourth-order valence-electron chi connectivity index (χ4n) is 3.20. The number of aromatic amines is 1. The van der Waals surface area contributed by atoms with Gasteiger partial charge in [-0.1, -0.05) is 12.1 Å². The van der Waals surface area contributed by atoms with E-state index < -0.39 is 0 Å². The van der Waals surface area contributed by atoms with Crippen LogP contribution in [-0.2, 0) is 4.74 Å². The number of hydrogen-bond donors (Lipinski definition) is 1. The first kappa shape index (κ1) is 16.3. The van der Waals surface area contributed by atoms with Crippen LogP contribution in [0.3, 0.4) is 0 Å². The van der Waals surface area contributed by atoms with Crippen molar-refractivity contribution in [3.63, 3.8) is 0 Å². The number of nitrogens with one attached hydrogen (secondary N) is 1. The average molecular weight is 382 g/mol. The van der Waals surface area contributed by atoms with Crippen molar-refractivity contribution in [2.75, 3.05) is 24.6 Å². The monoisotopic (exact) mass is 382 g/mol. The zero-order valence-electron chi connectivity index (χ0n) is 14.2. The van der Waals surface area contributed by atoms with Crippen molar-refractivity contribution in [3.8, 4) is 10.4 Å². The molecule has 0 spiro atoms. The molecule has 5 rings (SSSR count). The molecule has 1 unspecified atom stereocenters. The van der Waals surface area contributed by atoms with Crippen LogP contribution < -0.4 is 4.90 Å². The quantitative estimate of drug-likeness (QED) is 0.586. The summed E-state index contributed by atoms with van der Waals surface area (Å²) in [6.07, 6.45) is 2.88. The zero-order valence-corrected chi connectivity index (χ0v) is 15.0. The van der Waals surface area contributed by atoms with Gasteiger partial charge in [0.1, 0.15) is 30.4 Å². The maximum absolute atomic E-state index is 13.2. The zero-order chi connectivity index (χ0) is 18.2. The van der Waals surface area contributed by atoms with E-state index in [2.05, 4.69) is 30.0 Å². The Hall–Kier alpha value is -2.91. The van der Waals surface area contributed by atoms with E-state index in [4.69, 9.17) is 4.74 Å². The Kier molecular flexibility index (Phi) is 4.02. The van der Waals surface area contributed by atoms with E-state index >= 15 is 0 Å². The lowest BCUT2D eigenvalue weighted by Gasteiger charge is -2.32. The average Bonchev–Trinajstić information content (AvgIpc) is 3.38. The summed E-state index contributed by atoms with van der Waals surface area (Å²) in [4.78, 5) is 16.4. The van der Waals surface area contributed by atoms with Gasteiger partial charge in [0.2, 0.25) is 0 Å². The minimum absolute atomic E-state index is 0.178. The first-order valence-corrected chi connectivity index (χ1v) is 9.32. The van der Waals surface area contributed by atoms with Crippen molar-refractivity contribution in [2.45, 2.75) is 6.10 Å². The summed E-state index contributed by atoms with van der Waals surface area (Å²) in [5.74, 6) is 1.35. The standard InChI is InChI=1S/C18H15FN6OS/c19-12-3-1-11(2-4-12)15-7-13-16(27-15)18(22-9-20-13)25-5-6-26-14(8-25)17-21-10-23-24-17/h1-4,7,9-10,14H,5-6,8H2,(H,21,23,24). The topological polar surface area (TPSA) is 79.8 Å². The molecule has 1 N–H and O–H groups in total. The molecule has 3 aromatic heterocycles. The molecule has 0 radical (unpaired) electrons. The molecule has 0 bridgehead atoms. The normalized spacial score (nSPS) is 17.5. The molecule has 9 heteroatoms. The highest BCUT2D eigenvalue weighted by atomic mass is 32.1. The number of fused-ring (bicyclic) bond motifs is 1. The van der Waals surface area contributed by atoms with E-state index in [-0.39, 0.29) is 11.9 Å². The first-order chi connectivity index (χ1) is 13.3. The fourth-order valence-corrected chi connectivity index (χ4v) is 4.33. The lowest BCUT2D eigenvalue weighted by molar-refractivity contribution is 0.0341. The number of anilines is 1. The van der Waals surface area contributed by atoms with Crippen LogP contribution in [0, 0.1) is 5.82 Å². The molecule has 7 nitrogen and oxygen atoms in total. The van der Waals surface area contributed by atoms with E-state index in [0.717, 1.165) is 33.0 Å². The number of rotatable bonds is 3. The van der Waals surface area contributed by atoms with Crippen LogP contribution >= 0.6 is 11.3 Å². The van der Waals surface area contributed by atoms with E-state index in [1.165, 1.54) is 18.5 Å². The van der Waals surface area contributed by atoms with Gasteiger partial charge >= 0.3 is 0 Å². The SMILES string of the molecule is Fc1ccc(-c2cc3ncnc(N4CCOC(c5ncn[nH]5)C4)c3s2)cc1. The van der Waals surface area contributed by atoms with Gasteiger partial charge in [0.05, 0.1) is 23.4 Å². The molecule has 0 aliphatic carbocycles. The maximum Gasteiger partial charge on any atom is 0.155 e. The van der Waals surface area contributed by atoms with Gasteiger partial charge in [0, 0.05) is 11.4 Å². The molecule has 1 fully saturated rings. The number of halogens is 1. The molecule has 0 amide bonds. The lowest BCUT2D eigenvalue weighted by atomic mass is 10.2. The predicted octanol–water partition coefficient (Wildman–Crippen LogP) is 3.19. The Bertz CT molecular complexity index is 1070. The molecule has 1 saturated heterocycles. The van der Waals surface area contributed by atoms with Crippen LogP contribution in [0.15, 0.2) is 43.0 Å². The second-order valence-electron chi connectivity index (χ2n) is 6.21. The Morgan fingerprint density at radius 3 is 2.85 bits per heavy atom. The summed E-state index contributed by atoms with van der Waals surface area (Å²) in [5, 5.41) is 6.78. The van der Waals surface area contributed by atoms with Gasteiger partial charge in [0.15, 0.2) is 5.82 Å². The molecule has 1 aromatic carbocycles. The molecule has 0 saturated carbocycles. The van der Waals surface area contributed by atoms with Gasteiger partial charge in [-0.15, -0.1) is 11.3 Å². The maximum atomic E-state index is 13.2. The van der Waals surface area contributed by atoms with E-state index in [0.29, 0.717) is 19.0 Å². The summed E-state index contributed by atoms with van der Waals surface area (Å²) in [7, 11) is 0. The highest BCUT2D eigenvalue weighted by molar-refractivity contribution is 7.22. The van der Waals surface area contributed by atoms with Gasteiger partial charge in [-0.05, 0) is 23.8 Å². The summed E-state index contributed by atoms with van der Waals surface area (Å²) in [6.45, 7) is 1.94. The largest absolute Gasteiger partial charge is 0.367 e. The van der Waals surface area contributed by atoms with Gasteiger partial charge in [-0.2, -0.15) is 5.10 Å². The Balaban J connectivity index is 1.50. The van der Waals surface area contributed by atoms with Crippen molar-refractivity contribution in [3.05, 3.63) is 54.6 Å². The fraction of sp³-hybridized carbons (Fsp3) is 0.222. The summed E-state index contributed by atoms with van der Waals surface area (Å²) in [6, 6.07) is 8.52. The number of aromatic nitrogens is 5. The van der Waals surface area contributed by atoms with Crippen molar-refractivity contribution in [2.24, 2.45) is 0 Å². The smallest absolute Gasteiger partial charge is 0.155 e. The molecule has 1 aliphatic rings. The van der Waals surface area contributed by atoms with Crippen LogP contribution in [0.4, 0.5) is 10.2 Å². The molecule has 136 valence electrons. The molecule has 1 atom stereocenters. The number of thiophene rings is 1. The van der Waals surface area contributed by atoms with Crippen LogP contribution in [0.1, 0.15) is 11.9 Å². The Labute approximate surface area is 157 Å². The van der Waals surface area contributed by atoms with Crippen molar-refractivity contribution in [1.29, 1.82) is 0 Å². The second-order valence-corrected chi connectivity index (χ2v) is 7.26. The highest BCUT2D eigenvalue weighted by Crippen LogP contribution is 2.37. The Morgan fingerprint density at radius 2 is 2.04 bits per heavy atom. The number of hydrogen-bond acceptors (Lipinski definition) is 7. The van der Waals surface area contributed by atoms with Gasteiger partial charge in [-0.25, -0.2) is 19.3 Å². The summed E-state index contributed by atoms with van der Waals surface area (Å²) in [5.41, 5.74) is 1.85. The van der Waals surface area contributed by atoms with Crippen LogP contribution in [-0.4, -0.2) is 44.8 Å². The van der Waals surface area contributed by atoms with E-state index in [1.54, 1.807) is 29.8 Å². The van der Waals surface area contributed by atoms with Gasteiger partial charge in [0.25, 0.3) is 0 Å². The molecule has 4 aromatic rings. The third-order valence-corrected chi connectivity index (χ3v) is 5.70. The minimum atomic E-state index is -0.243. The van der Waals surface area contributed by atoms with Crippen molar-refractivity contribution < 1.29 is 9.13 Å². The number of benzene rings is 1. The van der Waals surface area contributed by atoms with E-state index in [9.17, 15) is 4.39 Å². The number of morpholine rings is 1. The third-order valence-electron chi connectivity index (χ3n) is 4.53. The number of H-pyrrole nitrogens is 1. The third kappa shape index (κ3) is 3.04. The van der Waals surface area contributed by atoms with Crippen molar-refractivity contribution >= 4 is 27.4 Å². The summed E-state index contributed by atoms with van der Waals surface area (Å²) >= 11 is 1.61. The molecule has 4 heterocycles. The molecule has 1 aliphatic heterocycles.